The van der Waals surface area contributed by atoms with E-state index in [1.54, 1.807) is 7.05 Å². The maximum Gasteiger partial charge on any atom is 0.234 e. The fourth-order valence-electron chi connectivity index (χ4n) is 2.49. The molecule has 3 nitrogen and oxygen atoms in total. The summed E-state index contributed by atoms with van der Waals surface area (Å²) in [6, 6.07) is 8.15. The molecule has 0 heterocycles. The van der Waals surface area contributed by atoms with Gasteiger partial charge in [-0.15, -0.1) is 0 Å². The van der Waals surface area contributed by atoms with Crippen LogP contribution < -0.4 is 11.1 Å². The molecule has 0 spiro atoms. The Morgan fingerprint density at radius 1 is 1.44 bits per heavy atom. The molecule has 1 aromatic rings. The summed E-state index contributed by atoms with van der Waals surface area (Å²) in [7, 11) is 1.78. The van der Waals surface area contributed by atoms with Crippen LogP contribution in [0.15, 0.2) is 30.3 Å². The summed E-state index contributed by atoms with van der Waals surface area (Å²) in [5, 5.41) is 2.98. The van der Waals surface area contributed by atoms with E-state index in [9.17, 15) is 4.79 Å². The molecule has 96 valence electrons. The van der Waals surface area contributed by atoms with Crippen LogP contribution in [0.4, 0.5) is 0 Å². The summed E-state index contributed by atoms with van der Waals surface area (Å²) in [4.78, 5) is 11.3. The summed E-state index contributed by atoms with van der Waals surface area (Å²) in [5.41, 5.74) is 9.28. The van der Waals surface area contributed by atoms with E-state index in [-0.39, 0.29) is 11.9 Å². The summed E-state index contributed by atoms with van der Waals surface area (Å²) in [6.45, 7) is 0. The van der Waals surface area contributed by atoms with Gasteiger partial charge in [0.15, 0.2) is 0 Å². The molecular formula is C15H20N2O. The van der Waals surface area contributed by atoms with Crippen LogP contribution in [0.5, 0.6) is 0 Å². The summed E-state index contributed by atoms with van der Waals surface area (Å²) in [5.74, 6) is -0.292. The van der Waals surface area contributed by atoms with E-state index in [4.69, 9.17) is 5.73 Å². The molecule has 1 atom stereocenters. The smallest absolute Gasteiger partial charge is 0.234 e. The minimum absolute atomic E-state index is 0.289. The average molecular weight is 244 g/mol. The third kappa shape index (κ3) is 2.79. The highest BCUT2D eigenvalue weighted by molar-refractivity contribution is 5.83. The van der Waals surface area contributed by atoms with Crippen molar-refractivity contribution in [1.82, 2.24) is 5.32 Å². The van der Waals surface area contributed by atoms with Gasteiger partial charge in [0.2, 0.25) is 5.91 Å². The van der Waals surface area contributed by atoms with E-state index in [1.165, 1.54) is 23.1 Å². The van der Waals surface area contributed by atoms with E-state index >= 15 is 0 Å². The number of carbonyl (C=O) groups excluding carboxylic acids is 1. The molecule has 0 fully saturated rings. The molecule has 3 heteroatoms. The maximum absolute atomic E-state index is 11.3. The number of amides is 1. The number of benzene rings is 1. The molecule has 0 saturated heterocycles. The van der Waals surface area contributed by atoms with Crippen molar-refractivity contribution in [3.8, 4) is 0 Å². The van der Waals surface area contributed by atoms with Crippen molar-refractivity contribution < 1.29 is 4.79 Å². The van der Waals surface area contributed by atoms with Crippen LogP contribution in [0.3, 0.4) is 0 Å². The average Bonchev–Trinajstić information content (AvgIpc) is 2.58. The molecule has 1 aliphatic carbocycles. The van der Waals surface area contributed by atoms with Gasteiger partial charge in [0.05, 0.1) is 6.04 Å². The lowest BCUT2D eigenvalue weighted by Crippen LogP contribution is -2.39. The van der Waals surface area contributed by atoms with E-state index in [2.05, 4.69) is 35.7 Å². The summed E-state index contributed by atoms with van der Waals surface area (Å²) < 4.78 is 0. The number of allylic oxidation sites excluding steroid dienone is 1. The molecule has 0 radical (unpaired) electrons. The Balaban J connectivity index is 2.27. The number of hydrogen-bond acceptors (Lipinski definition) is 2. The van der Waals surface area contributed by atoms with Crippen LogP contribution in [0.1, 0.15) is 30.4 Å². The Labute approximate surface area is 108 Å². The first kappa shape index (κ1) is 12.8. The molecular weight excluding hydrogens is 224 g/mol. The highest BCUT2D eigenvalue weighted by atomic mass is 16.1. The number of fused-ring (bicyclic) bond motifs is 1. The van der Waals surface area contributed by atoms with Gasteiger partial charge in [-0.05, 0) is 49.4 Å². The molecule has 0 saturated carbocycles. The number of hydrogen-bond donors (Lipinski definition) is 2. The molecule has 0 unspecified atom stereocenters. The fraction of sp³-hybridized carbons (Fsp3) is 0.400. The standard InChI is InChI=1S/C15H20N2O/c1-17-14(15(16)18)10-12-8-3-2-6-11-7-4-5-9-13(11)12/h4-5,7-9,14,17H,2-3,6,10H2,1H3,(H2,16,18)/t14-/m0/s1. The number of nitrogens with two attached hydrogens (primary N) is 1. The van der Waals surface area contributed by atoms with E-state index in [0.717, 1.165) is 12.8 Å². The van der Waals surface area contributed by atoms with E-state index < -0.39 is 0 Å². The van der Waals surface area contributed by atoms with Crippen molar-refractivity contribution in [2.24, 2.45) is 5.73 Å². The Morgan fingerprint density at radius 3 is 2.94 bits per heavy atom. The largest absolute Gasteiger partial charge is 0.368 e. The molecule has 0 aromatic heterocycles. The molecule has 0 aliphatic heterocycles. The van der Waals surface area contributed by atoms with Crippen molar-refractivity contribution >= 4 is 11.5 Å². The minimum atomic E-state index is -0.292. The van der Waals surface area contributed by atoms with E-state index in [0.29, 0.717) is 6.42 Å². The van der Waals surface area contributed by atoms with Gasteiger partial charge in [-0.2, -0.15) is 0 Å². The van der Waals surface area contributed by atoms with Crippen molar-refractivity contribution in [3.05, 3.63) is 41.5 Å². The highest BCUT2D eigenvalue weighted by Gasteiger charge is 2.18. The van der Waals surface area contributed by atoms with Gasteiger partial charge in [0.1, 0.15) is 0 Å². The molecule has 2 rings (SSSR count). The van der Waals surface area contributed by atoms with Crippen LogP contribution in [0, 0.1) is 0 Å². The van der Waals surface area contributed by atoms with Crippen molar-refractivity contribution in [2.45, 2.75) is 31.7 Å². The number of rotatable bonds is 4. The lowest BCUT2D eigenvalue weighted by atomic mass is 9.94. The lowest BCUT2D eigenvalue weighted by Gasteiger charge is -2.16. The second-order valence-electron chi connectivity index (χ2n) is 4.73. The molecule has 18 heavy (non-hydrogen) atoms. The topological polar surface area (TPSA) is 55.1 Å². The molecule has 1 aliphatic rings. The number of likely N-dealkylation sites (N-methyl/N-ethyl adjacent to an activating group) is 1. The third-order valence-corrected chi connectivity index (χ3v) is 3.52. The SMILES string of the molecule is CN[C@@H](CC1=CCCCc2ccccc21)C(N)=O. The second-order valence-corrected chi connectivity index (χ2v) is 4.73. The zero-order chi connectivity index (χ0) is 13.0. The zero-order valence-electron chi connectivity index (χ0n) is 10.8. The van der Waals surface area contributed by atoms with Gasteiger partial charge in [-0.25, -0.2) is 0 Å². The monoisotopic (exact) mass is 244 g/mol. The van der Waals surface area contributed by atoms with Gasteiger partial charge < -0.3 is 11.1 Å². The maximum atomic E-state index is 11.3. The number of primary amides is 1. The van der Waals surface area contributed by atoms with Crippen molar-refractivity contribution in [1.29, 1.82) is 0 Å². The minimum Gasteiger partial charge on any atom is -0.368 e. The number of carbonyl (C=O) groups is 1. The fourth-order valence-corrected chi connectivity index (χ4v) is 2.49. The quantitative estimate of drug-likeness (QED) is 0.849. The Bertz CT molecular complexity index is 465. The molecule has 1 amide bonds. The Morgan fingerprint density at radius 2 is 2.22 bits per heavy atom. The van der Waals surface area contributed by atoms with Crippen molar-refractivity contribution in [3.63, 3.8) is 0 Å². The summed E-state index contributed by atoms with van der Waals surface area (Å²) in [6.07, 6.45) is 6.26. The van der Waals surface area contributed by atoms with E-state index in [1.807, 2.05) is 0 Å². The molecule has 3 N–H and O–H groups in total. The number of nitrogens with one attached hydrogen (secondary N) is 1. The van der Waals surface area contributed by atoms with Gasteiger partial charge in [-0.3, -0.25) is 4.79 Å². The third-order valence-electron chi connectivity index (χ3n) is 3.52. The van der Waals surface area contributed by atoms with Gasteiger partial charge in [-0.1, -0.05) is 30.3 Å². The second kappa shape index (κ2) is 5.83. The van der Waals surface area contributed by atoms with Crippen LogP contribution >= 0.6 is 0 Å². The first-order valence-corrected chi connectivity index (χ1v) is 6.46. The number of aryl methyl sites for hydroxylation is 1. The highest BCUT2D eigenvalue weighted by Crippen LogP contribution is 2.28. The van der Waals surface area contributed by atoms with Gasteiger partial charge >= 0.3 is 0 Å². The van der Waals surface area contributed by atoms with Crippen LogP contribution in [-0.4, -0.2) is 19.0 Å². The molecule has 0 bridgehead atoms. The lowest BCUT2D eigenvalue weighted by molar-refractivity contribution is -0.119. The summed E-state index contributed by atoms with van der Waals surface area (Å²) >= 11 is 0. The van der Waals surface area contributed by atoms with Gasteiger partial charge in [0, 0.05) is 0 Å². The first-order valence-electron chi connectivity index (χ1n) is 6.46. The zero-order valence-corrected chi connectivity index (χ0v) is 10.8. The Hall–Kier alpha value is -1.61. The van der Waals surface area contributed by atoms with Crippen LogP contribution in [0.25, 0.3) is 5.57 Å². The predicted molar refractivity (Wildman–Crippen MR) is 74.0 cm³/mol. The van der Waals surface area contributed by atoms with Crippen molar-refractivity contribution in [2.75, 3.05) is 7.05 Å². The first-order chi connectivity index (χ1) is 8.72. The normalized spacial score (nSPS) is 16.4. The Kier molecular flexibility index (Phi) is 4.15. The van der Waals surface area contributed by atoms with Gasteiger partial charge in [0.25, 0.3) is 0 Å². The van der Waals surface area contributed by atoms with Crippen LogP contribution in [0.2, 0.25) is 0 Å². The van der Waals surface area contributed by atoms with Crippen LogP contribution in [-0.2, 0) is 11.2 Å². The predicted octanol–water partition coefficient (Wildman–Crippen LogP) is 1.87. The molecule has 1 aromatic carbocycles.